The van der Waals surface area contributed by atoms with Gasteiger partial charge in [0.2, 0.25) is 0 Å². The number of hydrogen-bond donors (Lipinski definition) is 2. The van der Waals surface area contributed by atoms with Gasteiger partial charge in [0.25, 0.3) is 0 Å². The molecule has 1 fully saturated rings. The number of alkyl carbamates (subject to hydrolysis) is 1. The fourth-order valence-corrected chi connectivity index (χ4v) is 3.58. The summed E-state index contributed by atoms with van der Waals surface area (Å²) in [5, 5.41) is 10.7. The number of nitrogens with one attached hydrogen (secondary N) is 2. The van der Waals surface area contributed by atoms with Crippen molar-refractivity contribution in [2.45, 2.75) is 51.7 Å². The van der Waals surface area contributed by atoms with Gasteiger partial charge in [-0.15, -0.1) is 0 Å². The van der Waals surface area contributed by atoms with Crippen LogP contribution in [0.15, 0.2) is 21.8 Å². The summed E-state index contributed by atoms with van der Waals surface area (Å²) in [5.41, 5.74) is 0.872. The van der Waals surface area contributed by atoms with E-state index in [0.717, 1.165) is 32.0 Å². The van der Waals surface area contributed by atoms with Gasteiger partial charge in [0.05, 0.1) is 6.04 Å². The van der Waals surface area contributed by atoms with Gasteiger partial charge in [0.15, 0.2) is 5.96 Å². The number of rotatable bonds is 4. The molecule has 6 nitrogen and oxygen atoms in total. The van der Waals surface area contributed by atoms with Crippen LogP contribution in [0, 0.1) is 0 Å². The average Bonchev–Trinajstić information content (AvgIpc) is 3.17. The first-order valence-electron chi connectivity index (χ1n) is 8.75. The second-order valence-electron chi connectivity index (χ2n) is 7.46. The van der Waals surface area contributed by atoms with Gasteiger partial charge < -0.3 is 20.3 Å². The molecule has 2 N–H and O–H groups in total. The molecule has 0 radical (unpaired) electrons. The van der Waals surface area contributed by atoms with E-state index in [1.807, 2.05) is 20.8 Å². The van der Waals surface area contributed by atoms with E-state index in [9.17, 15) is 4.79 Å². The molecule has 0 bridgehead atoms. The summed E-state index contributed by atoms with van der Waals surface area (Å²) >= 11 is 1.72. The Morgan fingerprint density at radius 3 is 2.88 bits per heavy atom. The zero-order valence-electron chi connectivity index (χ0n) is 15.8. The van der Waals surface area contributed by atoms with Crippen LogP contribution in [0.1, 0.15) is 45.6 Å². The molecule has 1 aromatic rings. The standard InChI is InChI=1S/C18H30N4O2S/c1-13(14-7-9-25-12-14)10-20-16(19-5)22-8-6-15(11-22)21-17(23)24-18(2,3)4/h7,9,12-13,15H,6,8,10-11H2,1-5H3,(H,19,20)(H,21,23). The number of nitrogens with zero attached hydrogens (tertiary/aromatic N) is 2. The van der Waals surface area contributed by atoms with Gasteiger partial charge in [-0.2, -0.15) is 11.3 Å². The van der Waals surface area contributed by atoms with Gasteiger partial charge in [-0.05, 0) is 55.5 Å². The molecule has 1 aliphatic heterocycles. The number of carbonyl (C=O) groups is 1. The first-order valence-corrected chi connectivity index (χ1v) is 9.70. The summed E-state index contributed by atoms with van der Waals surface area (Å²) in [4.78, 5) is 18.5. The normalized spacial score (nSPS) is 19.6. The monoisotopic (exact) mass is 366 g/mol. The van der Waals surface area contributed by atoms with E-state index in [-0.39, 0.29) is 12.1 Å². The summed E-state index contributed by atoms with van der Waals surface area (Å²) in [6.45, 7) is 10.3. The van der Waals surface area contributed by atoms with Gasteiger partial charge in [0.1, 0.15) is 5.60 Å². The highest BCUT2D eigenvalue weighted by Crippen LogP contribution is 2.17. The third kappa shape index (κ3) is 6.23. The summed E-state index contributed by atoms with van der Waals surface area (Å²) in [7, 11) is 1.80. The molecule has 1 aliphatic rings. The molecule has 2 unspecified atom stereocenters. The first-order chi connectivity index (χ1) is 11.8. The highest BCUT2D eigenvalue weighted by molar-refractivity contribution is 7.07. The van der Waals surface area contributed by atoms with Crippen LogP contribution in [-0.2, 0) is 4.74 Å². The second-order valence-corrected chi connectivity index (χ2v) is 8.24. The predicted octanol–water partition coefficient (Wildman–Crippen LogP) is 3.03. The molecule has 2 heterocycles. The third-order valence-electron chi connectivity index (χ3n) is 4.10. The SMILES string of the molecule is CN=C(NCC(C)c1ccsc1)N1CCC(NC(=O)OC(C)(C)C)C1. The van der Waals surface area contributed by atoms with Crippen LogP contribution in [0.5, 0.6) is 0 Å². The van der Waals surface area contributed by atoms with E-state index in [0.29, 0.717) is 5.92 Å². The fraction of sp³-hybridized carbons (Fsp3) is 0.667. The minimum atomic E-state index is -0.474. The first kappa shape index (κ1) is 19.6. The van der Waals surface area contributed by atoms with Crippen molar-refractivity contribution in [2.75, 3.05) is 26.7 Å². The highest BCUT2D eigenvalue weighted by atomic mass is 32.1. The molecular formula is C18H30N4O2S. The maximum absolute atomic E-state index is 11.9. The van der Waals surface area contributed by atoms with Crippen molar-refractivity contribution in [3.63, 3.8) is 0 Å². The summed E-state index contributed by atoms with van der Waals surface area (Å²) in [6.07, 6.45) is 0.536. The Hall–Kier alpha value is -1.76. The molecule has 140 valence electrons. The largest absolute Gasteiger partial charge is 0.444 e. The van der Waals surface area contributed by atoms with Crippen molar-refractivity contribution in [1.29, 1.82) is 0 Å². The number of carbonyl (C=O) groups excluding carboxylic acids is 1. The summed E-state index contributed by atoms with van der Waals surface area (Å²) in [6, 6.07) is 2.25. The van der Waals surface area contributed by atoms with E-state index in [1.54, 1.807) is 18.4 Å². The summed E-state index contributed by atoms with van der Waals surface area (Å²) in [5.74, 6) is 1.32. The number of ether oxygens (including phenoxy) is 1. The molecule has 1 saturated heterocycles. The Labute approximate surface area is 154 Å². The Kier molecular flexibility index (Phi) is 6.70. The van der Waals surface area contributed by atoms with Crippen molar-refractivity contribution < 1.29 is 9.53 Å². The van der Waals surface area contributed by atoms with Crippen molar-refractivity contribution >= 4 is 23.4 Å². The zero-order valence-corrected chi connectivity index (χ0v) is 16.7. The molecule has 7 heteroatoms. The Morgan fingerprint density at radius 1 is 1.52 bits per heavy atom. The molecule has 2 rings (SSSR count). The van der Waals surface area contributed by atoms with Gasteiger partial charge in [0, 0.05) is 26.7 Å². The van der Waals surface area contributed by atoms with E-state index >= 15 is 0 Å². The van der Waals surface area contributed by atoms with Crippen molar-refractivity contribution in [3.05, 3.63) is 22.4 Å². The lowest BCUT2D eigenvalue weighted by Crippen LogP contribution is -2.44. The minimum absolute atomic E-state index is 0.0858. The molecule has 0 spiro atoms. The Bertz CT molecular complexity index is 580. The third-order valence-corrected chi connectivity index (χ3v) is 4.80. The van der Waals surface area contributed by atoms with E-state index in [1.165, 1.54) is 5.56 Å². The summed E-state index contributed by atoms with van der Waals surface area (Å²) < 4.78 is 5.33. The predicted molar refractivity (Wildman–Crippen MR) is 103 cm³/mol. The lowest BCUT2D eigenvalue weighted by atomic mass is 10.1. The molecule has 25 heavy (non-hydrogen) atoms. The van der Waals surface area contributed by atoms with E-state index in [2.05, 4.69) is 44.3 Å². The number of amides is 1. The van der Waals surface area contributed by atoms with Gasteiger partial charge in [-0.1, -0.05) is 6.92 Å². The molecule has 1 amide bonds. The van der Waals surface area contributed by atoms with Crippen LogP contribution in [0.25, 0.3) is 0 Å². The van der Waals surface area contributed by atoms with E-state index < -0.39 is 5.60 Å². The van der Waals surface area contributed by atoms with Gasteiger partial charge in [-0.25, -0.2) is 4.79 Å². The lowest BCUT2D eigenvalue weighted by Gasteiger charge is -2.24. The van der Waals surface area contributed by atoms with Crippen LogP contribution >= 0.6 is 11.3 Å². The average molecular weight is 367 g/mol. The van der Waals surface area contributed by atoms with Crippen LogP contribution in [0.4, 0.5) is 4.79 Å². The number of aliphatic imine (C=N–C) groups is 1. The van der Waals surface area contributed by atoms with Crippen LogP contribution in [0.3, 0.4) is 0 Å². The maximum Gasteiger partial charge on any atom is 0.407 e. The lowest BCUT2D eigenvalue weighted by molar-refractivity contribution is 0.0507. The number of hydrogen-bond acceptors (Lipinski definition) is 4. The van der Waals surface area contributed by atoms with Crippen molar-refractivity contribution in [3.8, 4) is 0 Å². The topological polar surface area (TPSA) is 66.0 Å². The van der Waals surface area contributed by atoms with Gasteiger partial charge in [-0.3, -0.25) is 4.99 Å². The Balaban J connectivity index is 1.79. The molecule has 1 aromatic heterocycles. The van der Waals surface area contributed by atoms with Crippen LogP contribution in [0.2, 0.25) is 0 Å². The Morgan fingerprint density at radius 2 is 2.28 bits per heavy atom. The highest BCUT2D eigenvalue weighted by Gasteiger charge is 2.28. The van der Waals surface area contributed by atoms with Crippen LogP contribution in [-0.4, -0.2) is 55.3 Å². The fourth-order valence-electron chi connectivity index (χ4n) is 2.79. The number of likely N-dealkylation sites (tertiary alicyclic amines) is 1. The second kappa shape index (κ2) is 8.56. The van der Waals surface area contributed by atoms with Crippen molar-refractivity contribution in [2.24, 2.45) is 4.99 Å². The number of guanidine groups is 1. The molecule has 0 saturated carbocycles. The van der Waals surface area contributed by atoms with E-state index in [4.69, 9.17) is 4.74 Å². The zero-order chi connectivity index (χ0) is 18.4. The van der Waals surface area contributed by atoms with Crippen LogP contribution < -0.4 is 10.6 Å². The smallest absolute Gasteiger partial charge is 0.407 e. The number of thiophene rings is 1. The molecular weight excluding hydrogens is 336 g/mol. The maximum atomic E-state index is 11.9. The molecule has 0 aliphatic carbocycles. The quantitative estimate of drug-likeness (QED) is 0.635. The molecule has 0 aromatic carbocycles. The molecule has 2 atom stereocenters. The minimum Gasteiger partial charge on any atom is -0.444 e. The van der Waals surface area contributed by atoms with Crippen molar-refractivity contribution in [1.82, 2.24) is 15.5 Å². The van der Waals surface area contributed by atoms with Gasteiger partial charge >= 0.3 is 6.09 Å².